The highest BCUT2D eigenvalue weighted by Crippen LogP contribution is 2.09. The summed E-state index contributed by atoms with van der Waals surface area (Å²) in [6.07, 6.45) is 10.8. The predicted molar refractivity (Wildman–Crippen MR) is 80.2 cm³/mol. The Morgan fingerprint density at radius 2 is 1.83 bits per heavy atom. The van der Waals surface area contributed by atoms with Gasteiger partial charge in [0.15, 0.2) is 0 Å². The van der Waals surface area contributed by atoms with Gasteiger partial charge in [0, 0.05) is 13.1 Å². The summed E-state index contributed by atoms with van der Waals surface area (Å²) in [5.74, 6) is 1.55. The Bertz CT molecular complexity index is 216. The summed E-state index contributed by atoms with van der Waals surface area (Å²) in [5.41, 5.74) is 0. The summed E-state index contributed by atoms with van der Waals surface area (Å²) >= 11 is 1.91. The monoisotopic (exact) mass is 272 g/mol. The number of thioether (sulfide) groups is 1. The van der Waals surface area contributed by atoms with E-state index in [-0.39, 0.29) is 0 Å². The number of likely N-dealkylation sites (tertiary alicyclic amines) is 1. The van der Waals surface area contributed by atoms with E-state index in [2.05, 4.69) is 11.6 Å². The van der Waals surface area contributed by atoms with Crippen molar-refractivity contribution in [2.45, 2.75) is 44.9 Å². The molecule has 1 saturated heterocycles. The zero-order chi connectivity index (χ0) is 13.1. The van der Waals surface area contributed by atoms with Crippen LogP contribution >= 0.6 is 11.8 Å². The zero-order valence-electron chi connectivity index (χ0n) is 11.7. The van der Waals surface area contributed by atoms with Crippen molar-refractivity contribution in [3.8, 4) is 0 Å². The highest BCUT2D eigenvalue weighted by molar-refractivity contribution is 7.98. The highest BCUT2D eigenvalue weighted by atomic mass is 32.2. The molecule has 0 aliphatic carbocycles. The topological polar surface area (TPSA) is 32.3 Å². The Kier molecular flexibility index (Phi) is 9.40. The lowest BCUT2D eigenvalue weighted by atomic mass is 10.2. The minimum Gasteiger partial charge on any atom is -0.342 e. The number of carbonyl (C=O) groups is 1. The van der Waals surface area contributed by atoms with Gasteiger partial charge in [-0.15, -0.1) is 0 Å². The standard InChI is InChI=1S/C14H28N2OS/c1-18-12-8-4-5-9-15-13-14(17)16-10-6-2-3-7-11-16/h15H,2-13H2,1H3. The molecule has 1 aliphatic heterocycles. The van der Waals surface area contributed by atoms with E-state index in [0.29, 0.717) is 12.5 Å². The summed E-state index contributed by atoms with van der Waals surface area (Å²) in [6, 6.07) is 0. The van der Waals surface area contributed by atoms with Crippen molar-refractivity contribution in [1.82, 2.24) is 10.2 Å². The number of hydrogen-bond donors (Lipinski definition) is 1. The van der Waals surface area contributed by atoms with Crippen molar-refractivity contribution < 1.29 is 4.79 Å². The smallest absolute Gasteiger partial charge is 0.236 e. The molecular weight excluding hydrogens is 244 g/mol. The number of nitrogens with zero attached hydrogens (tertiary/aromatic N) is 1. The molecule has 18 heavy (non-hydrogen) atoms. The molecule has 0 bridgehead atoms. The molecule has 4 heteroatoms. The quantitative estimate of drug-likeness (QED) is 0.689. The number of hydrogen-bond acceptors (Lipinski definition) is 3. The summed E-state index contributed by atoms with van der Waals surface area (Å²) in [4.78, 5) is 14.0. The third-order valence-electron chi connectivity index (χ3n) is 3.44. The van der Waals surface area contributed by atoms with Gasteiger partial charge < -0.3 is 10.2 Å². The Hall–Kier alpha value is -0.220. The Morgan fingerprint density at radius 3 is 2.50 bits per heavy atom. The minimum atomic E-state index is 0.293. The van der Waals surface area contributed by atoms with Crippen LogP contribution in [0.4, 0.5) is 0 Å². The summed E-state index contributed by atoms with van der Waals surface area (Å²) in [5, 5.41) is 3.28. The van der Waals surface area contributed by atoms with Gasteiger partial charge in [-0.05, 0) is 44.2 Å². The largest absolute Gasteiger partial charge is 0.342 e. The Balaban J connectivity index is 1.98. The van der Waals surface area contributed by atoms with Crippen molar-refractivity contribution in [2.75, 3.05) is 38.2 Å². The van der Waals surface area contributed by atoms with Crippen molar-refractivity contribution in [3.63, 3.8) is 0 Å². The van der Waals surface area contributed by atoms with E-state index in [9.17, 15) is 4.79 Å². The van der Waals surface area contributed by atoms with E-state index in [1.807, 2.05) is 16.7 Å². The van der Waals surface area contributed by atoms with Crippen LogP contribution in [0.25, 0.3) is 0 Å². The third-order valence-corrected chi connectivity index (χ3v) is 4.13. The molecule has 1 amide bonds. The van der Waals surface area contributed by atoms with Gasteiger partial charge >= 0.3 is 0 Å². The average molecular weight is 272 g/mol. The molecular formula is C14H28N2OS. The fourth-order valence-electron chi connectivity index (χ4n) is 2.30. The van der Waals surface area contributed by atoms with Gasteiger partial charge in [-0.3, -0.25) is 4.79 Å². The van der Waals surface area contributed by atoms with Crippen LogP contribution in [0.3, 0.4) is 0 Å². The molecule has 1 heterocycles. The first-order valence-corrected chi connectivity index (χ1v) is 8.71. The molecule has 1 aliphatic rings. The fraction of sp³-hybridized carbons (Fsp3) is 0.929. The van der Waals surface area contributed by atoms with Crippen LogP contribution in [0.2, 0.25) is 0 Å². The van der Waals surface area contributed by atoms with Gasteiger partial charge in [0.2, 0.25) is 5.91 Å². The molecule has 0 aromatic heterocycles. The van der Waals surface area contributed by atoms with Crippen LogP contribution in [0.5, 0.6) is 0 Å². The van der Waals surface area contributed by atoms with Crippen LogP contribution in [0.15, 0.2) is 0 Å². The molecule has 0 radical (unpaired) electrons. The first-order valence-electron chi connectivity index (χ1n) is 7.32. The van der Waals surface area contributed by atoms with Crippen molar-refractivity contribution in [1.29, 1.82) is 0 Å². The van der Waals surface area contributed by atoms with E-state index >= 15 is 0 Å². The molecule has 0 atom stereocenters. The lowest BCUT2D eigenvalue weighted by Gasteiger charge is -2.20. The summed E-state index contributed by atoms with van der Waals surface area (Å²) in [7, 11) is 0. The van der Waals surface area contributed by atoms with E-state index in [1.54, 1.807) is 0 Å². The highest BCUT2D eigenvalue weighted by Gasteiger charge is 2.14. The van der Waals surface area contributed by atoms with E-state index < -0.39 is 0 Å². The number of carbonyl (C=O) groups excluding carboxylic acids is 1. The van der Waals surface area contributed by atoms with Gasteiger partial charge in [0.05, 0.1) is 6.54 Å². The second-order valence-electron chi connectivity index (χ2n) is 5.03. The predicted octanol–water partition coefficient (Wildman–Crippen LogP) is 2.51. The van der Waals surface area contributed by atoms with Crippen LogP contribution in [0, 0.1) is 0 Å². The molecule has 3 nitrogen and oxygen atoms in total. The van der Waals surface area contributed by atoms with E-state index in [1.165, 1.54) is 50.7 Å². The van der Waals surface area contributed by atoms with Crippen molar-refractivity contribution in [2.24, 2.45) is 0 Å². The maximum atomic E-state index is 11.9. The molecule has 0 aromatic carbocycles. The molecule has 0 aromatic rings. The van der Waals surface area contributed by atoms with Crippen molar-refractivity contribution in [3.05, 3.63) is 0 Å². The number of amides is 1. The van der Waals surface area contributed by atoms with Crippen LogP contribution in [0.1, 0.15) is 44.9 Å². The van der Waals surface area contributed by atoms with Crippen LogP contribution in [-0.4, -0.2) is 49.0 Å². The molecule has 1 N–H and O–H groups in total. The number of rotatable bonds is 8. The fourth-order valence-corrected chi connectivity index (χ4v) is 2.79. The first kappa shape index (κ1) is 15.8. The van der Waals surface area contributed by atoms with Crippen LogP contribution in [-0.2, 0) is 4.79 Å². The molecule has 106 valence electrons. The molecule has 0 saturated carbocycles. The zero-order valence-corrected chi connectivity index (χ0v) is 12.6. The average Bonchev–Trinajstić information content (AvgIpc) is 2.66. The lowest BCUT2D eigenvalue weighted by molar-refractivity contribution is -0.130. The second-order valence-corrected chi connectivity index (χ2v) is 6.01. The summed E-state index contributed by atoms with van der Waals surface area (Å²) in [6.45, 7) is 3.44. The molecule has 1 fully saturated rings. The second kappa shape index (κ2) is 10.7. The number of nitrogens with one attached hydrogen (secondary N) is 1. The van der Waals surface area contributed by atoms with Gasteiger partial charge in [0.25, 0.3) is 0 Å². The van der Waals surface area contributed by atoms with Gasteiger partial charge in [-0.2, -0.15) is 11.8 Å². The SMILES string of the molecule is CSCCCCCNCC(=O)N1CCCCCC1. The molecule has 1 rings (SSSR count). The molecule has 0 spiro atoms. The number of unbranched alkanes of at least 4 members (excludes halogenated alkanes) is 2. The van der Waals surface area contributed by atoms with Crippen molar-refractivity contribution >= 4 is 17.7 Å². The Labute approximate surface area is 116 Å². The maximum absolute atomic E-state index is 11.9. The van der Waals surface area contributed by atoms with Crippen LogP contribution < -0.4 is 5.32 Å². The van der Waals surface area contributed by atoms with Gasteiger partial charge in [-0.25, -0.2) is 0 Å². The first-order chi connectivity index (χ1) is 8.84. The summed E-state index contributed by atoms with van der Waals surface area (Å²) < 4.78 is 0. The maximum Gasteiger partial charge on any atom is 0.236 e. The molecule has 0 unspecified atom stereocenters. The Morgan fingerprint density at radius 1 is 1.11 bits per heavy atom. The normalized spacial score (nSPS) is 16.6. The lowest BCUT2D eigenvalue weighted by Crippen LogP contribution is -2.39. The van der Waals surface area contributed by atoms with E-state index in [4.69, 9.17) is 0 Å². The van der Waals surface area contributed by atoms with Gasteiger partial charge in [0.1, 0.15) is 0 Å². The minimum absolute atomic E-state index is 0.293. The van der Waals surface area contributed by atoms with Gasteiger partial charge in [-0.1, -0.05) is 19.3 Å². The third kappa shape index (κ3) is 7.27. The van der Waals surface area contributed by atoms with E-state index in [0.717, 1.165) is 19.6 Å².